The van der Waals surface area contributed by atoms with Crippen molar-refractivity contribution in [1.29, 1.82) is 0 Å². The van der Waals surface area contributed by atoms with Crippen molar-refractivity contribution in [3.63, 3.8) is 0 Å². The van der Waals surface area contributed by atoms with E-state index in [1.807, 2.05) is 6.92 Å². The van der Waals surface area contributed by atoms with Gasteiger partial charge in [-0.3, -0.25) is 4.79 Å². The number of carbonyl (C=O) groups is 1. The zero-order valence-electron chi connectivity index (χ0n) is 12.4. The van der Waals surface area contributed by atoms with Crippen LogP contribution in [0.3, 0.4) is 0 Å². The molecule has 20 heavy (non-hydrogen) atoms. The number of hydrogen-bond acceptors (Lipinski definition) is 3. The minimum absolute atomic E-state index is 0.0496. The third-order valence-electron chi connectivity index (χ3n) is 2.29. The first-order valence-corrected chi connectivity index (χ1v) is 6.64. The number of hydrogen-bond donors (Lipinski definition) is 1. The van der Waals surface area contributed by atoms with Gasteiger partial charge in [-0.2, -0.15) is 0 Å². The summed E-state index contributed by atoms with van der Waals surface area (Å²) in [7, 11) is 0. The first-order valence-electron chi connectivity index (χ1n) is 6.64. The normalized spacial score (nSPS) is 12.2. The van der Waals surface area contributed by atoms with E-state index in [0.717, 1.165) is 6.42 Å². The molecule has 0 aliphatic rings. The van der Waals surface area contributed by atoms with Crippen molar-refractivity contribution in [2.75, 3.05) is 6.54 Å². The van der Waals surface area contributed by atoms with Crippen molar-refractivity contribution in [3.8, 4) is 0 Å². The summed E-state index contributed by atoms with van der Waals surface area (Å²) in [5.74, 6) is -0.948. The van der Waals surface area contributed by atoms with Gasteiger partial charge in [0, 0.05) is 12.1 Å². The minimum atomic E-state index is -0.554. The van der Waals surface area contributed by atoms with Crippen molar-refractivity contribution in [2.45, 2.75) is 39.7 Å². The molecule has 0 radical (unpaired) electrons. The van der Waals surface area contributed by atoms with Crippen molar-refractivity contribution in [3.05, 3.63) is 35.6 Å². The molecule has 1 aromatic rings. The summed E-state index contributed by atoms with van der Waals surface area (Å²) in [5, 5.41) is 6.52. The van der Waals surface area contributed by atoms with E-state index >= 15 is 0 Å². The molecule has 0 atom stereocenters. The molecule has 0 aliphatic heterocycles. The first-order chi connectivity index (χ1) is 9.35. The number of rotatable bonds is 5. The number of nitrogens with one attached hydrogen (secondary N) is 1. The molecule has 0 aliphatic carbocycles. The molecule has 0 saturated carbocycles. The highest BCUT2D eigenvalue weighted by Gasteiger charge is 2.20. The Morgan fingerprint density at radius 2 is 2.00 bits per heavy atom. The fourth-order valence-electron chi connectivity index (χ4n) is 1.37. The fourth-order valence-corrected chi connectivity index (χ4v) is 1.37. The second-order valence-corrected chi connectivity index (χ2v) is 5.38. The summed E-state index contributed by atoms with van der Waals surface area (Å²) in [5.41, 5.74) is -0.474. The van der Waals surface area contributed by atoms with Crippen LogP contribution in [0.15, 0.2) is 29.4 Å². The van der Waals surface area contributed by atoms with Crippen LogP contribution in [0.25, 0.3) is 0 Å². The van der Waals surface area contributed by atoms with Gasteiger partial charge in [0.15, 0.2) is 5.71 Å². The van der Waals surface area contributed by atoms with Gasteiger partial charge < -0.3 is 10.2 Å². The predicted molar refractivity (Wildman–Crippen MR) is 77.1 cm³/mol. The molecule has 0 saturated heterocycles. The molecule has 110 valence electrons. The standard InChI is InChI=1S/C15H21FN2O2/c1-5-10-17-14(19)13(18-20-15(2,3)4)11-8-6-7-9-12(11)16/h6-9H,5,10H2,1-4H3,(H,17,19)/b18-13+. The Balaban J connectivity index is 3.08. The Hall–Kier alpha value is -1.91. The average Bonchev–Trinajstić information content (AvgIpc) is 2.37. The topological polar surface area (TPSA) is 50.7 Å². The van der Waals surface area contributed by atoms with Gasteiger partial charge in [-0.1, -0.05) is 24.2 Å². The summed E-state index contributed by atoms with van der Waals surface area (Å²) in [6, 6.07) is 6.00. The van der Waals surface area contributed by atoms with Gasteiger partial charge in [-0.15, -0.1) is 0 Å². The maximum absolute atomic E-state index is 13.8. The zero-order chi connectivity index (χ0) is 15.2. The minimum Gasteiger partial charge on any atom is -0.389 e. The van der Waals surface area contributed by atoms with Crippen LogP contribution in [0.5, 0.6) is 0 Å². The van der Waals surface area contributed by atoms with Crippen molar-refractivity contribution in [1.82, 2.24) is 5.32 Å². The maximum atomic E-state index is 13.8. The van der Waals surface area contributed by atoms with E-state index in [4.69, 9.17) is 4.84 Å². The molecule has 4 nitrogen and oxygen atoms in total. The lowest BCUT2D eigenvalue weighted by atomic mass is 10.1. The van der Waals surface area contributed by atoms with Gasteiger partial charge in [0.05, 0.1) is 0 Å². The van der Waals surface area contributed by atoms with E-state index in [1.165, 1.54) is 12.1 Å². The summed E-state index contributed by atoms with van der Waals surface area (Å²) in [6.45, 7) is 7.85. The SMILES string of the molecule is CCCNC(=O)/C(=N/OC(C)(C)C)c1ccccc1F. The summed E-state index contributed by atoms with van der Waals surface area (Å²) >= 11 is 0. The second kappa shape index (κ2) is 7.03. The van der Waals surface area contributed by atoms with E-state index in [0.29, 0.717) is 6.54 Å². The summed E-state index contributed by atoms with van der Waals surface area (Å²) in [4.78, 5) is 17.3. The van der Waals surface area contributed by atoms with Crippen molar-refractivity contribution in [2.24, 2.45) is 5.16 Å². The van der Waals surface area contributed by atoms with E-state index in [9.17, 15) is 9.18 Å². The third-order valence-corrected chi connectivity index (χ3v) is 2.29. The zero-order valence-corrected chi connectivity index (χ0v) is 12.4. The lowest BCUT2D eigenvalue weighted by molar-refractivity contribution is -0.115. The lowest BCUT2D eigenvalue weighted by Gasteiger charge is -2.17. The van der Waals surface area contributed by atoms with Crippen LogP contribution in [-0.4, -0.2) is 23.8 Å². The smallest absolute Gasteiger partial charge is 0.274 e. The van der Waals surface area contributed by atoms with Crippen LogP contribution in [0.1, 0.15) is 39.7 Å². The Morgan fingerprint density at radius 1 is 1.35 bits per heavy atom. The van der Waals surface area contributed by atoms with Crippen LogP contribution >= 0.6 is 0 Å². The predicted octanol–water partition coefficient (Wildman–Crippen LogP) is 2.87. The third kappa shape index (κ3) is 4.99. The number of amides is 1. The molecular formula is C15H21FN2O2. The average molecular weight is 280 g/mol. The highest BCUT2D eigenvalue weighted by molar-refractivity contribution is 6.45. The Morgan fingerprint density at radius 3 is 2.55 bits per heavy atom. The second-order valence-electron chi connectivity index (χ2n) is 5.38. The number of halogens is 1. The highest BCUT2D eigenvalue weighted by Crippen LogP contribution is 2.12. The molecule has 5 heteroatoms. The lowest BCUT2D eigenvalue weighted by Crippen LogP contribution is -2.33. The van der Waals surface area contributed by atoms with Crippen molar-refractivity contribution < 1.29 is 14.0 Å². The molecular weight excluding hydrogens is 259 g/mol. The maximum Gasteiger partial charge on any atom is 0.274 e. The van der Waals surface area contributed by atoms with Gasteiger partial charge in [0.2, 0.25) is 0 Å². The Kier molecular flexibility index (Phi) is 5.67. The number of oxime groups is 1. The van der Waals surface area contributed by atoms with Gasteiger partial charge in [-0.25, -0.2) is 4.39 Å². The monoisotopic (exact) mass is 280 g/mol. The van der Waals surface area contributed by atoms with Crippen molar-refractivity contribution >= 4 is 11.6 Å². The summed E-state index contributed by atoms with van der Waals surface area (Å²) in [6.07, 6.45) is 0.788. The van der Waals surface area contributed by atoms with Crippen LogP contribution in [0, 0.1) is 5.82 Å². The van der Waals surface area contributed by atoms with Gasteiger partial charge in [0.1, 0.15) is 11.4 Å². The van der Waals surface area contributed by atoms with E-state index < -0.39 is 17.3 Å². The number of benzene rings is 1. The molecule has 0 bridgehead atoms. The van der Waals surface area contributed by atoms with Gasteiger partial charge in [-0.05, 0) is 39.3 Å². The number of carbonyl (C=O) groups excluding carboxylic acids is 1. The number of nitrogens with zero attached hydrogens (tertiary/aromatic N) is 1. The highest BCUT2D eigenvalue weighted by atomic mass is 19.1. The molecule has 1 aromatic carbocycles. The Labute approximate surface area is 119 Å². The molecule has 0 aromatic heterocycles. The quantitative estimate of drug-likeness (QED) is 0.666. The Bertz CT molecular complexity index is 493. The molecule has 1 N–H and O–H groups in total. The molecule has 1 amide bonds. The fraction of sp³-hybridized carbons (Fsp3) is 0.467. The van der Waals surface area contributed by atoms with Crippen LogP contribution in [0.2, 0.25) is 0 Å². The first kappa shape index (κ1) is 16.1. The van der Waals surface area contributed by atoms with E-state index in [-0.39, 0.29) is 11.3 Å². The molecule has 0 heterocycles. The van der Waals surface area contributed by atoms with E-state index in [1.54, 1.807) is 32.9 Å². The molecule has 1 rings (SSSR count). The van der Waals surface area contributed by atoms with Gasteiger partial charge >= 0.3 is 0 Å². The van der Waals surface area contributed by atoms with Gasteiger partial charge in [0.25, 0.3) is 5.91 Å². The molecule has 0 spiro atoms. The summed E-state index contributed by atoms with van der Waals surface area (Å²) < 4.78 is 13.8. The largest absolute Gasteiger partial charge is 0.389 e. The van der Waals surface area contributed by atoms with E-state index in [2.05, 4.69) is 10.5 Å². The molecule has 0 unspecified atom stereocenters. The van der Waals surface area contributed by atoms with Crippen LogP contribution in [0.4, 0.5) is 4.39 Å². The molecule has 0 fully saturated rings. The van der Waals surface area contributed by atoms with Crippen LogP contribution in [-0.2, 0) is 9.63 Å². The van der Waals surface area contributed by atoms with Crippen LogP contribution < -0.4 is 5.32 Å².